The van der Waals surface area contributed by atoms with Gasteiger partial charge in [-0.2, -0.15) is 5.10 Å². The number of aromatic amines is 1. The van der Waals surface area contributed by atoms with E-state index in [1.165, 1.54) is 29.4 Å². The Morgan fingerprint density at radius 1 is 1.06 bits per heavy atom. The number of hydrogen-bond acceptors (Lipinski definition) is 5. The highest BCUT2D eigenvalue weighted by Gasteiger charge is 2.28. The second kappa shape index (κ2) is 9.85. The molecule has 1 heterocycles. The van der Waals surface area contributed by atoms with Gasteiger partial charge in [-0.1, -0.05) is 60.7 Å². The summed E-state index contributed by atoms with van der Waals surface area (Å²) in [5, 5.41) is 10.4. The summed E-state index contributed by atoms with van der Waals surface area (Å²) in [5.41, 5.74) is 6.81. The fourth-order valence-electron chi connectivity index (χ4n) is 4.58. The first-order chi connectivity index (χ1) is 17.2. The van der Waals surface area contributed by atoms with Crippen molar-refractivity contribution in [2.24, 2.45) is 0 Å². The van der Waals surface area contributed by atoms with Crippen molar-refractivity contribution in [3.63, 3.8) is 0 Å². The second-order valence-corrected chi connectivity index (χ2v) is 8.33. The number of fused-ring (bicyclic) bond motifs is 4. The van der Waals surface area contributed by atoms with Crippen LogP contribution in [-0.2, 0) is 9.47 Å². The Hall–Kier alpha value is -4.39. The van der Waals surface area contributed by atoms with Crippen molar-refractivity contribution in [1.29, 1.82) is 0 Å². The fourth-order valence-corrected chi connectivity index (χ4v) is 4.58. The Kier molecular flexibility index (Phi) is 6.30. The summed E-state index contributed by atoms with van der Waals surface area (Å²) in [6.07, 6.45) is 5.60. The van der Waals surface area contributed by atoms with Crippen molar-refractivity contribution in [2.45, 2.75) is 12.3 Å². The van der Waals surface area contributed by atoms with E-state index in [-0.39, 0.29) is 12.5 Å². The average molecular weight is 468 g/mol. The summed E-state index contributed by atoms with van der Waals surface area (Å²) in [6.45, 7) is 0.722. The van der Waals surface area contributed by atoms with E-state index in [0.29, 0.717) is 23.9 Å². The van der Waals surface area contributed by atoms with Crippen LogP contribution in [0.4, 0.5) is 4.79 Å². The highest BCUT2D eigenvalue weighted by Crippen LogP contribution is 2.44. The molecule has 5 rings (SSSR count). The van der Waals surface area contributed by atoms with Crippen molar-refractivity contribution in [1.82, 2.24) is 15.5 Å². The summed E-state index contributed by atoms with van der Waals surface area (Å²) in [6, 6.07) is 20.2. The summed E-state index contributed by atoms with van der Waals surface area (Å²) >= 11 is 0. The number of carbonyl (C=O) groups excluding carboxylic acids is 2. The number of carbonyl (C=O) groups is 2. The number of aromatic nitrogens is 2. The third-order valence-corrected chi connectivity index (χ3v) is 6.22. The van der Waals surface area contributed by atoms with Crippen LogP contribution in [0.1, 0.15) is 39.4 Å². The molecule has 0 bridgehead atoms. The number of hydrogen-bond donors (Lipinski definition) is 2. The molecule has 176 valence electrons. The van der Waals surface area contributed by atoms with Gasteiger partial charge in [0.2, 0.25) is 0 Å². The van der Waals surface area contributed by atoms with Gasteiger partial charge in [-0.3, -0.25) is 5.10 Å². The lowest BCUT2D eigenvalue weighted by Gasteiger charge is -2.14. The summed E-state index contributed by atoms with van der Waals surface area (Å²) in [4.78, 5) is 24.4. The number of H-pyrrole nitrogens is 1. The van der Waals surface area contributed by atoms with E-state index in [2.05, 4.69) is 39.8 Å². The summed E-state index contributed by atoms with van der Waals surface area (Å²) in [5.74, 6) is -0.377. The molecule has 35 heavy (non-hydrogen) atoms. The molecule has 0 radical (unpaired) electrons. The van der Waals surface area contributed by atoms with Crippen LogP contribution < -0.4 is 5.32 Å². The Labute approximate surface area is 202 Å². The second-order valence-electron chi connectivity index (χ2n) is 8.33. The van der Waals surface area contributed by atoms with E-state index < -0.39 is 12.1 Å². The molecule has 7 heteroatoms. The van der Waals surface area contributed by atoms with Gasteiger partial charge in [-0.25, -0.2) is 9.59 Å². The Morgan fingerprint density at radius 2 is 1.77 bits per heavy atom. The van der Waals surface area contributed by atoms with Crippen molar-refractivity contribution in [3.8, 4) is 11.1 Å². The first-order valence-electron chi connectivity index (χ1n) is 11.5. The van der Waals surface area contributed by atoms with Crippen LogP contribution in [0.3, 0.4) is 0 Å². The number of rotatable bonds is 7. The number of benzene rings is 3. The van der Waals surface area contributed by atoms with Crippen LogP contribution in [0.15, 0.2) is 72.9 Å². The lowest BCUT2D eigenvalue weighted by atomic mass is 9.98. The maximum atomic E-state index is 12.3. The Bertz CT molecular complexity index is 1380. The van der Waals surface area contributed by atoms with Gasteiger partial charge in [-0.15, -0.1) is 0 Å². The van der Waals surface area contributed by atoms with Crippen LogP contribution in [0, 0.1) is 0 Å². The van der Waals surface area contributed by atoms with E-state index >= 15 is 0 Å². The lowest BCUT2D eigenvalue weighted by molar-refractivity contribution is 0.0603. The van der Waals surface area contributed by atoms with Gasteiger partial charge in [0.15, 0.2) is 0 Å². The molecule has 0 saturated carbocycles. The minimum absolute atomic E-state index is 0.0365. The first kappa shape index (κ1) is 22.4. The molecular weight excluding hydrogens is 442 g/mol. The number of nitrogens with zero attached hydrogens (tertiary/aromatic N) is 1. The van der Waals surface area contributed by atoms with Crippen molar-refractivity contribution in [3.05, 3.63) is 95.2 Å². The van der Waals surface area contributed by atoms with E-state index in [0.717, 1.165) is 11.1 Å². The summed E-state index contributed by atoms with van der Waals surface area (Å²) in [7, 11) is 1.35. The van der Waals surface area contributed by atoms with Gasteiger partial charge in [-0.05, 0) is 46.4 Å². The molecular formula is C28H25N3O4. The van der Waals surface area contributed by atoms with E-state index in [4.69, 9.17) is 9.47 Å². The maximum absolute atomic E-state index is 12.3. The zero-order chi connectivity index (χ0) is 24.2. The monoisotopic (exact) mass is 467 g/mol. The van der Waals surface area contributed by atoms with Gasteiger partial charge in [0, 0.05) is 17.8 Å². The molecule has 1 aliphatic carbocycles. The lowest BCUT2D eigenvalue weighted by Crippen LogP contribution is -2.26. The van der Waals surface area contributed by atoms with Crippen LogP contribution in [0.25, 0.3) is 28.1 Å². The SMILES string of the molecule is COC(=O)c1cc(C=CCCNC(=O)OCC2c3ccccc3-c3ccccc32)cc2[nH]ncc12. The number of amides is 1. The minimum Gasteiger partial charge on any atom is -0.465 e. The number of ether oxygens (including phenoxy) is 2. The van der Waals surface area contributed by atoms with Crippen molar-refractivity contribution >= 4 is 29.0 Å². The average Bonchev–Trinajstić information content (AvgIpc) is 3.49. The predicted octanol–water partition coefficient (Wildman–Crippen LogP) is 5.29. The van der Waals surface area contributed by atoms with E-state index in [1.807, 2.05) is 42.5 Å². The van der Waals surface area contributed by atoms with Crippen LogP contribution in [0.5, 0.6) is 0 Å². The first-order valence-corrected chi connectivity index (χ1v) is 11.5. The number of nitrogens with one attached hydrogen (secondary N) is 2. The fraction of sp³-hybridized carbons (Fsp3) is 0.179. The molecule has 3 aromatic carbocycles. The highest BCUT2D eigenvalue weighted by molar-refractivity contribution is 6.04. The maximum Gasteiger partial charge on any atom is 0.407 e. The van der Waals surface area contributed by atoms with E-state index in [1.54, 1.807) is 12.3 Å². The third-order valence-electron chi connectivity index (χ3n) is 6.22. The quantitative estimate of drug-likeness (QED) is 0.285. The van der Waals surface area contributed by atoms with Gasteiger partial charge in [0.25, 0.3) is 0 Å². The normalized spacial score (nSPS) is 12.5. The van der Waals surface area contributed by atoms with Crippen molar-refractivity contribution < 1.29 is 19.1 Å². The number of methoxy groups -OCH3 is 1. The van der Waals surface area contributed by atoms with Gasteiger partial charge >= 0.3 is 12.1 Å². The third kappa shape index (κ3) is 4.53. The predicted molar refractivity (Wildman–Crippen MR) is 134 cm³/mol. The molecule has 0 saturated heterocycles. The smallest absolute Gasteiger partial charge is 0.407 e. The minimum atomic E-state index is -0.438. The van der Waals surface area contributed by atoms with Gasteiger partial charge < -0.3 is 14.8 Å². The standard InChI is InChI=1S/C28H25N3O4/c1-34-27(32)23-14-18(15-26-24(23)16-30-31-26)8-6-7-13-29-28(33)35-17-25-21-11-4-2-9-19(21)20-10-3-5-12-22(20)25/h2-6,8-12,14-16,25H,7,13,17H2,1H3,(H,29,33)(H,30,31). The molecule has 0 aliphatic heterocycles. The van der Waals surface area contributed by atoms with Crippen molar-refractivity contribution in [2.75, 3.05) is 20.3 Å². The Morgan fingerprint density at radius 3 is 2.49 bits per heavy atom. The molecule has 7 nitrogen and oxygen atoms in total. The van der Waals surface area contributed by atoms with Crippen LogP contribution in [0.2, 0.25) is 0 Å². The highest BCUT2D eigenvalue weighted by atomic mass is 16.5. The summed E-state index contributed by atoms with van der Waals surface area (Å²) < 4.78 is 10.4. The largest absolute Gasteiger partial charge is 0.465 e. The molecule has 4 aromatic rings. The molecule has 0 unspecified atom stereocenters. The Balaban J connectivity index is 1.14. The van der Waals surface area contributed by atoms with Crippen LogP contribution >= 0.6 is 0 Å². The zero-order valence-electron chi connectivity index (χ0n) is 19.3. The van der Waals surface area contributed by atoms with Gasteiger partial charge in [0.05, 0.1) is 24.4 Å². The molecule has 1 amide bonds. The molecule has 2 N–H and O–H groups in total. The molecule has 0 fully saturated rings. The molecule has 1 aromatic heterocycles. The molecule has 1 aliphatic rings. The van der Waals surface area contributed by atoms with Crippen LogP contribution in [-0.4, -0.2) is 42.5 Å². The molecule has 0 spiro atoms. The number of esters is 1. The number of alkyl carbamates (subject to hydrolysis) is 1. The van der Waals surface area contributed by atoms with Gasteiger partial charge in [0.1, 0.15) is 6.61 Å². The van der Waals surface area contributed by atoms with E-state index in [9.17, 15) is 9.59 Å². The topological polar surface area (TPSA) is 93.3 Å². The molecule has 0 atom stereocenters. The zero-order valence-corrected chi connectivity index (χ0v) is 19.3.